The first-order chi connectivity index (χ1) is 11.4. The molecule has 0 N–H and O–H groups in total. The Hall–Kier alpha value is -0.693. The molecule has 142 valence electrons. The standard InChI is InChI=1S/C19H32O4SSi/c1-15-10-12-18(13-11-15)24(20,21)22-16-8-7-9-17(14-16)23-25(5,6)19(2,3)4/h10-13,16-17H,7-9,14H2,1-6H3. The van der Waals surface area contributed by atoms with E-state index in [-0.39, 0.29) is 22.1 Å². The average Bonchev–Trinajstić information content (AvgIpc) is 2.45. The smallest absolute Gasteiger partial charge is 0.297 e. The van der Waals surface area contributed by atoms with Gasteiger partial charge in [-0.25, -0.2) is 0 Å². The zero-order valence-electron chi connectivity index (χ0n) is 16.3. The van der Waals surface area contributed by atoms with Crippen LogP contribution in [-0.4, -0.2) is 28.9 Å². The Balaban J connectivity index is 2.03. The lowest BCUT2D eigenvalue weighted by atomic mass is 9.95. The van der Waals surface area contributed by atoms with E-state index in [2.05, 4.69) is 33.9 Å². The molecule has 6 heteroatoms. The summed E-state index contributed by atoms with van der Waals surface area (Å²) in [6.45, 7) is 13.1. The predicted octanol–water partition coefficient (Wildman–Crippen LogP) is 5.03. The minimum Gasteiger partial charge on any atom is -0.414 e. The molecule has 1 aromatic rings. The molecular weight excluding hydrogens is 352 g/mol. The first-order valence-electron chi connectivity index (χ1n) is 9.08. The van der Waals surface area contributed by atoms with Crippen LogP contribution >= 0.6 is 0 Å². The Morgan fingerprint density at radius 3 is 2.16 bits per heavy atom. The van der Waals surface area contributed by atoms with Crippen LogP contribution in [0.15, 0.2) is 29.2 Å². The lowest BCUT2D eigenvalue weighted by Gasteiger charge is -2.41. The first kappa shape index (κ1) is 20.6. The van der Waals surface area contributed by atoms with Crippen LogP contribution in [0.25, 0.3) is 0 Å². The molecule has 1 fully saturated rings. The first-order valence-corrected chi connectivity index (χ1v) is 13.4. The minimum atomic E-state index is -3.72. The van der Waals surface area contributed by atoms with Crippen LogP contribution in [0.3, 0.4) is 0 Å². The third kappa shape index (κ3) is 5.39. The highest BCUT2D eigenvalue weighted by Gasteiger charge is 2.40. The Labute approximate surface area is 154 Å². The van der Waals surface area contributed by atoms with Crippen molar-refractivity contribution in [1.29, 1.82) is 0 Å². The van der Waals surface area contributed by atoms with E-state index in [1.54, 1.807) is 24.3 Å². The van der Waals surface area contributed by atoms with Crippen molar-refractivity contribution in [3.63, 3.8) is 0 Å². The molecule has 4 nitrogen and oxygen atoms in total. The van der Waals surface area contributed by atoms with Crippen LogP contribution in [-0.2, 0) is 18.7 Å². The fraction of sp³-hybridized carbons (Fsp3) is 0.684. The van der Waals surface area contributed by atoms with E-state index >= 15 is 0 Å². The van der Waals surface area contributed by atoms with Gasteiger partial charge < -0.3 is 4.43 Å². The molecule has 2 rings (SSSR count). The summed E-state index contributed by atoms with van der Waals surface area (Å²) in [6.07, 6.45) is 3.13. The zero-order valence-corrected chi connectivity index (χ0v) is 18.2. The van der Waals surface area contributed by atoms with Crippen molar-refractivity contribution in [2.45, 2.75) is 88.6 Å². The molecule has 0 amide bonds. The van der Waals surface area contributed by atoms with Gasteiger partial charge in [-0.05, 0) is 62.9 Å². The molecule has 1 aliphatic carbocycles. The minimum absolute atomic E-state index is 0.0906. The molecule has 25 heavy (non-hydrogen) atoms. The summed E-state index contributed by atoms with van der Waals surface area (Å²) >= 11 is 0. The van der Waals surface area contributed by atoms with E-state index in [0.717, 1.165) is 24.8 Å². The molecule has 0 radical (unpaired) electrons. The van der Waals surface area contributed by atoms with Gasteiger partial charge in [-0.1, -0.05) is 38.5 Å². The van der Waals surface area contributed by atoms with Gasteiger partial charge in [0, 0.05) is 6.10 Å². The molecule has 1 aliphatic rings. The summed E-state index contributed by atoms with van der Waals surface area (Å²) in [5.74, 6) is 0. The fourth-order valence-corrected chi connectivity index (χ4v) is 5.34. The zero-order chi connectivity index (χ0) is 18.9. The van der Waals surface area contributed by atoms with Crippen LogP contribution in [0.4, 0.5) is 0 Å². The second kappa shape index (κ2) is 7.51. The maximum atomic E-state index is 12.5. The van der Waals surface area contributed by atoms with Gasteiger partial charge >= 0.3 is 0 Å². The van der Waals surface area contributed by atoms with Crippen LogP contribution in [0, 0.1) is 6.92 Å². The van der Waals surface area contributed by atoms with E-state index in [4.69, 9.17) is 8.61 Å². The van der Waals surface area contributed by atoms with Crippen molar-refractivity contribution in [2.24, 2.45) is 0 Å². The highest BCUT2D eigenvalue weighted by molar-refractivity contribution is 7.86. The molecular formula is C19H32O4SSi. The van der Waals surface area contributed by atoms with Gasteiger partial charge in [-0.15, -0.1) is 0 Å². The Morgan fingerprint density at radius 2 is 1.60 bits per heavy atom. The quantitative estimate of drug-likeness (QED) is 0.527. The van der Waals surface area contributed by atoms with E-state index in [9.17, 15) is 8.42 Å². The van der Waals surface area contributed by atoms with E-state index in [0.29, 0.717) is 6.42 Å². The lowest BCUT2D eigenvalue weighted by molar-refractivity contribution is 0.0635. The highest BCUT2D eigenvalue weighted by atomic mass is 32.2. The fourth-order valence-electron chi connectivity index (χ4n) is 2.83. The van der Waals surface area contributed by atoms with Crippen LogP contribution < -0.4 is 0 Å². The molecule has 0 aliphatic heterocycles. The second-order valence-corrected chi connectivity index (χ2v) is 15.0. The number of hydrogen-bond acceptors (Lipinski definition) is 4. The normalized spacial score (nSPS) is 22.8. The molecule has 0 aromatic heterocycles. The van der Waals surface area contributed by atoms with Crippen molar-refractivity contribution < 1.29 is 17.0 Å². The van der Waals surface area contributed by atoms with Gasteiger partial charge in [0.2, 0.25) is 0 Å². The molecule has 2 unspecified atom stereocenters. The van der Waals surface area contributed by atoms with Crippen LogP contribution in [0.1, 0.15) is 52.0 Å². The van der Waals surface area contributed by atoms with Crippen LogP contribution in [0.5, 0.6) is 0 Å². The molecule has 0 saturated heterocycles. The molecule has 2 atom stereocenters. The summed E-state index contributed by atoms with van der Waals surface area (Å²) in [6, 6.07) is 6.80. The van der Waals surface area contributed by atoms with Gasteiger partial charge in [0.05, 0.1) is 11.0 Å². The topological polar surface area (TPSA) is 52.6 Å². The number of benzene rings is 1. The third-order valence-corrected chi connectivity index (χ3v) is 11.3. The Kier molecular flexibility index (Phi) is 6.19. The summed E-state index contributed by atoms with van der Waals surface area (Å²) in [5, 5.41) is 0.148. The molecule has 1 aromatic carbocycles. The maximum absolute atomic E-state index is 12.5. The second-order valence-electron chi connectivity index (χ2n) is 8.65. The van der Waals surface area contributed by atoms with Gasteiger partial charge in [0.1, 0.15) is 0 Å². The largest absolute Gasteiger partial charge is 0.414 e. The van der Waals surface area contributed by atoms with E-state index in [1.165, 1.54) is 0 Å². The SMILES string of the molecule is Cc1ccc(S(=O)(=O)OC2CCCC(O[Si](C)(C)C(C)(C)C)C2)cc1. The number of aryl methyl sites for hydroxylation is 1. The van der Waals surface area contributed by atoms with Crippen molar-refractivity contribution in [3.8, 4) is 0 Å². The lowest BCUT2D eigenvalue weighted by Crippen LogP contribution is -2.45. The monoisotopic (exact) mass is 384 g/mol. The number of rotatable bonds is 5. The molecule has 0 bridgehead atoms. The molecule has 0 heterocycles. The van der Waals surface area contributed by atoms with Crippen molar-refractivity contribution in [3.05, 3.63) is 29.8 Å². The van der Waals surface area contributed by atoms with Crippen molar-refractivity contribution in [2.75, 3.05) is 0 Å². The van der Waals surface area contributed by atoms with Crippen molar-refractivity contribution in [1.82, 2.24) is 0 Å². The summed E-state index contributed by atoms with van der Waals surface area (Å²) in [5.41, 5.74) is 1.03. The third-order valence-electron chi connectivity index (χ3n) is 5.42. The Morgan fingerprint density at radius 1 is 1.04 bits per heavy atom. The number of hydrogen-bond donors (Lipinski definition) is 0. The Bertz CT molecular complexity index is 674. The summed E-state index contributed by atoms with van der Waals surface area (Å²) < 4.78 is 37.0. The predicted molar refractivity (Wildman–Crippen MR) is 104 cm³/mol. The molecule has 1 saturated carbocycles. The summed E-state index contributed by atoms with van der Waals surface area (Å²) in [4.78, 5) is 0.227. The molecule has 0 spiro atoms. The van der Waals surface area contributed by atoms with Gasteiger partial charge in [-0.2, -0.15) is 8.42 Å². The highest BCUT2D eigenvalue weighted by Crippen LogP contribution is 2.39. The van der Waals surface area contributed by atoms with Gasteiger partial charge in [0.25, 0.3) is 10.1 Å². The van der Waals surface area contributed by atoms with Crippen LogP contribution in [0.2, 0.25) is 18.1 Å². The van der Waals surface area contributed by atoms with E-state index < -0.39 is 18.4 Å². The van der Waals surface area contributed by atoms with Gasteiger partial charge in [0.15, 0.2) is 8.32 Å². The average molecular weight is 385 g/mol. The summed E-state index contributed by atoms with van der Waals surface area (Å²) in [7, 11) is -5.57. The maximum Gasteiger partial charge on any atom is 0.297 e. The van der Waals surface area contributed by atoms with E-state index in [1.807, 2.05) is 6.92 Å². The van der Waals surface area contributed by atoms with Crippen molar-refractivity contribution >= 4 is 18.4 Å². The van der Waals surface area contributed by atoms with Gasteiger partial charge in [-0.3, -0.25) is 4.18 Å².